The van der Waals surface area contributed by atoms with Crippen molar-refractivity contribution in [1.82, 2.24) is 10.2 Å². The van der Waals surface area contributed by atoms with Gasteiger partial charge in [-0.15, -0.1) is 0 Å². The summed E-state index contributed by atoms with van der Waals surface area (Å²) in [5.74, 6) is -1.55. The van der Waals surface area contributed by atoms with Crippen LogP contribution < -0.4 is 5.32 Å². The molecule has 2 rings (SSSR count). The van der Waals surface area contributed by atoms with Gasteiger partial charge in [0.25, 0.3) is 0 Å². The number of rotatable bonds is 2. The van der Waals surface area contributed by atoms with Gasteiger partial charge in [-0.25, -0.2) is 0 Å². The normalized spacial score (nSPS) is 26.6. The number of nitrogens with one attached hydrogen (secondary N) is 1. The number of amides is 2. The molecule has 132 valence electrons. The highest BCUT2D eigenvalue weighted by atomic mass is 19.4. The van der Waals surface area contributed by atoms with E-state index in [2.05, 4.69) is 0 Å². The number of carbonyl (C=O) groups excluding carboxylic acids is 2. The zero-order valence-corrected chi connectivity index (χ0v) is 13.9. The first kappa shape index (κ1) is 18.1. The van der Waals surface area contributed by atoms with E-state index in [0.717, 1.165) is 25.7 Å². The van der Waals surface area contributed by atoms with Gasteiger partial charge in [-0.05, 0) is 30.1 Å². The molecule has 1 heterocycles. The maximum absolute atomic E-state index is 12.7. The number of alkyl halides is 3. The van der Waals surface area contributed by atoms with E-state index in [0.29, 0.717) is 24.9 Å². The Bertz CT molecular complexity index is 457. The molecule has 3 atom stereocenters. The van der Waals surface area contributed by atoms with Gasteiger partial charge in [0, 0.05) is 13.1 Å². The molecule has 1 aliphatic carbocycles. The van der Waals surface area contributed by atoms with E-state index in [1.54, 1.807) is 25.7 Å². The van der Waals surface area contributed by atoms with Crippen LogP contribution in [0.5, 0.6) is 0 Å². The second kappa shape index (κ2) is 6.32. The van der Waals surface area contributed by atoms with Gasteiger partial charge in [0.2, 0.25) is 5.91 Å². The van der Waals surface area contributed by atoms with Crippen LogP contribution in [-0.2, 0) is 9.59 Å². The third-order valence-electron chi connectivity index (χ3n) is 4.93. The molecule has 2 fully saturated rings. The third-order valence-corrected chi connectivity index (χ3v) is 4.93. The topological polar surface area (TPSA) is 49.4 Å². The van der Waals surface area contributed by atoms with Crippen LogP contribution in [0.1, 0.15) is 46.5 Å². The first-order valence-electron chi connectivity index (χ1n) is 8.16. The van der Waals surface area contributed by atoms with E-state index < -0.39 is 29.4 Å². The minimum atomic E-state index is -4.98. The minimum absolute atomic E-state index is 0.399. The predicted octanol–water partition coefficient (Wildman–Crippen LogP) is 2.73. The molecule has 2 aliphatic rings. The molecule has 1 saturated heterocycles. The fourth-order valence-corrected chi connectivity index (χ4v) is 3.63. The van der Waals surface area contributed by atoms with Crippen LogP contribution in [0.3, 0.4) is 0 Å². The maximum atomic E-state index is 12.7. The van der Waals surface area contributed by atoms with Crippen LogP contribution in [0.25, 0.3) is 0 Å². The predicted molar refractivity (Wildman–Crippen MR) is 79.5 cm³/mol. The van der Waals surface area contributed by atoms with Crippen molar-refractivity contribution in [2.45, 2.75) is 58.7 Å². The van der Waals surface area contributed by atoms with Gasteiger partial charge in [0.1, 0.15) is 6.04 Å². The van der Waals surface area contributed by atoms with Gasteiger partial charge in [-0.1, -0.05) is 33.6 Å². The quantitative estimate of drug-likeness (QED) is 0.844. The van der Waals surface area contributed by atoms with Crippen LogP contribution in [0.4, 0.5) is 13.2 Å². The van der Waals surface area contributed by atoms with Crippen LogP contribution in [0, 0.1) is 17.3 Å². The Morgan fingerprint density at radius 1 is 1.04 bits per heavy atom. The Labute approximate surface area is 134 Å². The Morgan fingerprint density at radius 2 is 1.52 bits per heavy atom. The average molecular weight is 334 g/mol. The van der Waals surface area contributed by atoms with Crippen molar-refractivity contribution < 1.29 is 22.8 Å². The van der Waals surface area contributed by atoms with Crippen LogP contribution in [0.15, 0.2) is 0 Å². The van der Waals surface area contributed by atoms with Crippen molar-refractivity contribution in [2.75, 3.05) is 13.1 Å². The van der Waals surface area contributed by atoms with E-state index in [4.69, 9.17) is 0 Å². The minimum Gasteiger partial charge on any atom is -0.340 e. The molecule has 0 spiro atoms. The number of hydrogen-bond donors (Lipinski definition) is 1. The number of likely N-dealkylation sites (tertiary alicyclic amines) is 1. The van der Waals surface area contributed by atoms with Crippen molar-refractivity contribution in [3.05, 3.63) is 0 Å². The molecular formula is C16H25F3N2O2. The summed E-state index contributed by atoms with van der Waals surface area (Å²) < 4.78 is 37.6. The van der Waals surface area contributed by atoms with Gasteiger partial charge < -0.3 is 10.2 Å². The van der Waals surface area contributed by atoms with Gasteiger partial charge in [0.05, 0.1) is 0 Å². The number of nitrogens with zero attached hydrogens (tertiary/aromatic N) is 1. The third kappa shape index (κ3) is 4.18. The number of carbonyl (C=O) groups is 2. The number of hydrogen-bond acceptors (Lipinski definition) is 2. The zero-order valence-electron chi connectivity index (χ0n) is 13.9. The molecule has 1 N–H and O–H groups in total. The highest BCUT2D eigenvalue weighted by Crippen LogP contribution is 2.37. The highest BCUT2D eigenvalue weighted by Gasteiger charge is 2.46. The maximum Gasteiger partial charge on any atom is 0.471 e. The van der Waals surface area contributed by atoms with Crippen molar-refractivity contribution >= 4 is 11.8 Å². The lowest BCUT2D eigenvalue weighted by Crippen LogP contribution is -2.56. The molecule has 1 aliphatic heterocycles. The molecule has 23 heavy (non-hydrogen) atoms. The average Bonchev–Trinajstić information content (AvgIpc) is 2.85. The Morgan fingerprint density at radius 3 is 1.91 bits per heavy atom. The van der Waals surface area contributed by atoms with Crippen molar-refractivity contribution in [3.63, 3.8) is 0 Å². The lowest BCUT2D eigenvalue weighted by atomic mass is 9.82. The molecule has 0 bridgehead atoms. The first-order valence-corrected chi connectivity index (χ1v) is 8.16. The summed E-state index contributed by atoms with van der Waals surface area (Å²) in [6.45, 7) is 6.18. The first-order chi connectivity index (χ1) is 10.5. The number of halogens is 3. The summed E-state index contributed by atoms with van der Waals surface area (Å²) >= 11 is 0. The lowest BCUT2D eigenvalue weighted by molar-refractivity contribution is -0.176. The fourth-order valence-electron chi connectivity index (χ4n) is 3.63. The van der Waals surface area contributed by atoms with Crippen LogP contribution >= 0.6 is 0 Å². The fraction of sp³-hybridized carbons (Fsp3) is 0.875. The molecule has 0 aromatic heterocycles. The Balaban J connectivity index is 2.10. The highest BCUT2D eigenvalue weighted by molar-refractivity contribution is 5.90. The molecule has 7 heteroatoms. The van der Waals surface area contributed by atoms with Crippen LogP contribution in [-0.4, -0.2) is 42.0 Å². The molecule has 0 unspecified atom stereocenters. The smallest absolute Gasteiger partial charge is 0.340 e. The molecular weight excluding hydrogens is 309 g/mol. The summed E-state index contributed by atoms with van der Waals surface area (Å²) in [5, 5.41) is 1.90. The van der Waals surface area contributed by atoms with E-state index in [1.165, 1.54) is 0 Å². The lowest BCUT2D eigenvalue weighted by Gasteiger charge is -2.33. The van der Waals surface area contributed by atoms with E-state index in [1.807, 2.05) is 5.32 Å². The van der Waals surface area contributed by atoms with E-state index in [9.17, 15) is 22.8 Å². The van der Waals surface area contributed by atoms with Gasteiger partial charge in [-0.2, -0.15) is 13.2 Å². The summed E-state index contributed by atoms with van der Waals surface area (Å²) in [6, 6.07) is -1.17. The summed E-state index contributed by atoms with van der Waals surface area (Å²) in [4.78, 5) is 25.7. The molecule has 0 radical (unpaired) electrons. The molecule has 2 amide bonds. The summed E-state index contributed by atoms with van der Waals surface area (Å²) in [6.07, 6.45) is -0.538. The Hall–Kier alpha value is -1.27. The van der Waals surface area contributed by atoms with E-state index in [-0.39, 0.29) is 0 Å². The van der Waals surface area contributed by atoms with Gasteiger partial charge in [-0.3, -0.25) is 9.59 Å². The molecule has 4 nitrogen and oxygen atoms in total. The molecule has 1 saturated carbocycles. The SMILES string of the molecule is CC(C)(C)[C@H](NC(=O)C(F)(F)F)C(=O)N1C[C@H]2CCCC[C@H]2C1. The summed E-state index contributed by atoms with van der Waals surface area (Å²) in [7, 11) is 0. The van der Waals surface area contributed by atoms with Gasteiger partial charge in [0.15, 0.2) is 0 Å². The summed E-state index contributed by atoms with van der Waals surface area (Å²) in [5.41, 5.74) is -0.786. The van der Waals surface area contributed by atoms with Crippen molar-refractivity contribution in [1.29, 1.82) is 0 Å². The molecule has 0 aromatic carbocycles. The van der Waals surface area contributed by atoms with Crippen molar-refractivity contribution in [2.24, 2.45) is 17.3 Å². The Kier molecular flexibility index (Phi) is 4.97. The van der Waals surface area contributed by atoms with Crippen molar-refractivity contribution in [3.8, 4) is 0 Å². The monoisotopic (exact) mass is 334 g/mol. The zero-order chi connectivity index (χ0) is 17.4. The number of fused-ring (bicyclic) bond motifs is 1. The van der Waals surface area contributed by atoms with E-state index >= 15 is 0 Å². The second-order valence-electron chi connectivity index (χ2n) is 7.82. The molecule has 0 aromatic rings. The van der Waals surface area contributed by atoms with Gasteiger partial charge >= 0.3 is 12.1 Å². The second-order valence-corrected chi connectivity index (χ2v) is 7.82. The largest absolute Gasteiger partial charge is 0.471 e. The van der Waals surface area contributed by atoms with Crippen LogP contribution in [0.2, 0.25) is 0 Å². The standard InChI is InChI=1S/C16H25F3N2O2/c1-15(2,3)12(20-14(23)16(17,18)19)13(22)21-8-10-6-4-5-7-11(10)9-21/h10-12H,4-9H2,1-3H3,(H,20,23)/t10-,11+,12-/m1/s1.